The Morgan fingerprint density at radius 3 is 2.39 bits per heavy atom. The molecule has 0 atom stereocenters. The van der Waals surface area contributed by atoms with Crippen molar-refractivity contribution in [2.45, 2.75) is 33.1 Å². The molecule has 0 heterocycles. The average molecular weight is 341 g/mol. The summed E-state index contributed by atoms with van der Waals surface area (Å²) in [7, 11) is 0. The van der Waals surface area contributed by atoms with Gasteiger partial charge in [0.05, 0.1) is 6.54 Å². The normalized spacial score (nSPS) is 9.78. The van der Waals surface area contributed by atoms with Crippen molar-refractivity contribution < 1.29 is 14.4 Å². The molecule has 0 unspecified atom stereocenters. The van der Waals surface area contributed by atoms with Crippen LogP contribution in [-0.2, 0) is 14.4 Å². The standard InChI is InChI=1S/C16H27N3O3S/c1-4-8-17-15(21)7-12-23-13-11-19(16(22)6-3)10-9-18-14(20)5-2/h1H,5-13H2,2-3H3,(H,17,21)(H,18,20). The van der Waals surface area contributed by atoms with Gasteiger partial charge in [0.1, 0.15) is 0 Å². The smallest absolute Gasteiger partial charge is 0.222 e. The molecule has 6 nitrogen and oxygen atoms in total. The second-order valence-electron chi connectivity index (χ2n) is 4.78. The number of nitrogens with zero attached hydrogens (tertiary/aromatic N) is 1. The van der Waals surface area contributed by atoms with Crippen LogP contribution in [0, 0.1) is 12.3 Å². The SMILES string of the molecule is C#CCNC(=O)CCSCCN(CCNC(=O)CC)C(=O)CC. The monoisotopic (exact) mass is 341 g/mol. The lowest BCUT2D eigenvalue weighted by molar-refractivity contribution is -0.131. The first kappa shape index (κ1) is 21.3. The van der Waals surface area contributed by atoms with Crippen LogP contribution in [-0.4, -0.2) is 60.3 Å². The number of hydrogen-bond donors (Lipinski definition) is 2. The molecule has 0 rings (SSSR count). The van der Waals surface area contributed by atoms with Crippen molar-refractivity contribution in [3.05, 3.63) is 0 Å². The summed E-state index contributed by atoms with van der Waals surface area (Å²) in [6.07, 6.45) is 6.37. The third-order valence-electron chi connectivity index (χ3n) is 3.05. The van der Waals surface area contributed by atoms with Gasteiger partial charge >= 0.3 is 0 Å². The minimum atomic E-state index is -0.0563. The lowest BCUT2D eigenvalue weighted by Gasteiger charge is -2.22. The summed E-state index contributed by atoms with van der Waals surface area (Å²) in [4.78, 5) is 36.2. The molecule has 0 spiro atoms. The first-order valence-corrected chi connectivity index (χ1v) is 9.02. The van der Waals surface area contributed by atoms with Gasteiger partial charge in [-0.2, -0.15) is 11.8 Å². The van der Waals surface area contributed by atoms with Gasteiger partial charge in [0.25, 0.3) is 0 Å². The van der Waals surface area contributed by atoms with Crippen molar-refractivity contribution in [2.75, 3.05) is 37.7 Å². The number of nitrogens with one attached hydrogen (secondary N) is 2. The van der Waals surface area contributed by atoms with E-state index in [1.54, 1.807) is 23.6 Å². The summed E-state index contributed by atoms with van der Waals surface area (Å²) >= 11 is 1.62. The number of thioether (sulfide) groups is 1. The third kappa shape index (κ3) is 11.5. The van der Waals surface area contributed by atoms with E-state index >= 15 is 0 Å². The second kappa shape index (κ2) is 13.9. The molecular weight excluding hydrogens is 314 g/mol. The average Bonchev–Trinajstić information content (AvgIpc) is 2.56. The van der Waals surface area contributed by atoms with E-state index in [1.807, 2.05) is 6.92 Å². The topological polar surface area (TPSA) is 78.5 Å². The van der Waals surface area contributed by atoms with E-state index in [9.17, 15) is 14.4 Å². The van der Waals surface area contributed by atoms with Gasteiger partial charge < -0.3 is 15.5 Å². The van der Waals surface area contributed by atoms with Gasteiger partial charge in [-0.15, -0.1) is 6.42 Å². The Morgan fingerprint density at radius 1 is 1.04 bits per heavy atom. The molecule has 0 saturated carbocycles. The molecule has 0 saturated heterocycles. The van der Waals surface area contributed by atoms with Crippen LogP contribution in [0.1, 0.15) is 33.1 Å². The summed E-state index contributed by atoms with van der Waals surface area (Å²) in [6, 6.07) is 0. The second-order valence-corrected chi connectivity index (χ2v) is 6.01. The number of carbonyl (C=O) groups excluding carboxylic acids is 3. The predicted molar refractivity (Wildman–Crippen MR) is 94.0 cm³/mol. The van der Waals surface area contributed by atoms with Crippen LogP contribution in [0.3, 0.4) is 0 Å². The molecule has 2 N–H and O–H groups in total. The molecular formula is C16H27N3O3S. The maximum Gasteiger partial charge on any atom is 0.222 e. The van der Waals surface area contributed by atoms with Gasteiger partial charge in [-0.3, -0.25) is 14.4 Å². The van der Waals surface area contributed by atoms with E-state index in [1.165, 1.54) is 0 Å². The minimum absolute atomic E-state index is 0.0127. The van der Waals surface area contributed by atoms with Gasteiger partial charge in [0.15, 0.2) is 0 Å². The van der Waals surface area contributed by atoms with Crippen LogP contribution >= 0.6 is 11.8 Å². The third-order valence-corrected chi connectivity index (χ3v) is 4.01. The van der Waals surface area contributed by atoms with Crippen molar-refractivity contribution in [1.82, 2.24) is 15.5 Å². The predicted octanol–water partition coefficient (Wildman–Crippen LogP) is 0.624. The van der Waals surface area contributed by atoms with E-state index in [0.717, 1.165) is 5.75 Å². The highest BCUT2D eigenvalue weighted by Crippen LogP contribution is 2.04. The zero-order valence-corrected chi connectivity index (χ0v) is 14.8. The molecule has 0 fully saturated rings. The van der Waals surface area contributed by atoms with Crippen molar-refractivity contribution in [3.8, 4) is 12.3 Å². The van der Waals surface area contributed by atoms with Crippen molar-refractivity contribution in [2.24, 2.45) is 0 Å². The largest absolute Gasteiger partial charge is 0.354 e. The zero-order valence-electron chi connectivity index (χ0n) is 14.0. The van der Waals surface area contributed by atoms with E-state index in [2.05, 4.69) is 16.6 Å². The van der Waals surface area contributed by atoms with Crippen LogP contribution in [0.15, 0.2) is 0 Å². The van der Waals surface area contributed by atoms with Crippen LogP contribution in [0.2, 0.25) is 0 Å². The van der Waals surface area contributed by atoms with Gasteiger partial charge in [0.2, 0.25) is 17.7 Å². The van der Waals surface area contributed by atoms with E-state index in [4.69, 9.17) is 6.42 Å². The lowest BCUT2D eigenvalue weighted by Crippen LogP contribution is -2.39. The fourth-order valence-corrected chi connectivity index (χ4v) is 2.60. The van der Waals surface area contributed by atoms with E-state index < -0.39 is 0 Å². The number of hydrogen-bond acceptors (Lipinski definition) is 4. The number of terminal acetylenes is 1. The molecule has 0 aliphatic rings. The lowest BCUT2D eigenvalue weighted by atomic mass is 10.3. The molecule has 3 amide bonds. The summed E-state index contributed by atoms with van der Waals surface area (Å²) in [5.41, 5.74) is 0. The molecule has 0 aliphatic heterocycles. The highest BCUT2D eigenvalue weighted by Gasteiger charge is 2.11. The summed E-state index contributed by atoms with van der Waals surface area (Å²) < 4.78 is 0. The molecule has 23 heavy (non-hydrogen) atoms. The van der Waals surface area contributed by atoms with Gasteiger partial charge in [0, 0.05) is 50.4 Å². The highest BCUT2D eigenvalue weighted by atomic mass is 32.2. The quantitative estimate of drug-likeness (QED) is 0.403. The van der Waals surface area contributed by atoms with Crippen LogP contribution in [0.4, 0.5) is 0 Å². The van der Waals surface area contributed by atoms with Crippen LogP contribution in [0.5, 0.6) is 0 Å². The maximum atomic E-state index is 11.9. The molecule has 0 aromatic rings. The molecule has 130 valence electrons. The van der Waals surface area contributed by atoms with E-state index in [-0.39, 0.29) is 24.3 Å². The van der Waals surface area contributed by atoms with Crippen LogP contribution < -0.4 is 10.6 Å². The van der Waals surface area contributed by atoms with Gasteiger partial charge in [-0.25, -0.2) is 0 Å². The Hall–Kier alpha value is -1.68. The van der Waals surface area contributed by atoms with E-state index in [0.29, 0.717) is 44.6 Å². The van der Waals surface area contributed by atoms with Crippen molar-refractivity contribution >= 4 is 29.5 Å². The minimum Gasteiger partial charge on any atom is -0.354 e. The van der Waals surface area contributed by atoms with Crippen molar-refractivity contribution in [3.63, 3.8) is 0 Å². The molecule has 0 aliphatic carbocycles. The van der Waals surface area contributed by atoms with Crippen LogP contribution in [0.25, 0.3) is 0 Å². The molecule has 7 heteroatoms. The maximum absolute atomic E-state index is 11.9. The first-order valence-electron chi connectivity index (χ1n) is 7.87. The number of amides is 3. The summed E-state index contributed by atoms with van der Waals surface area (Å²) in [5, 5.41) is 5.38. The molecule has 0 aromatic heterocycles. The molecule has 0 radical (unpaired) electrons. The fourth-order valence-electron chi connectivity index (χ4n) is 1.72. The Balaban J connectivity index is 3.93. The zero-order chi connectivity index (χ0) is 17.5. The summed E-state index contributed by atoms with van der Waals surface area (Å²) in [6.45, 7) is 5.47. The molecule has 0 bridgehead atoms. The number of carbonyl (C=O) groups is 3. The van der Waals surface area contributed by atoms with Gasteiger partial charge in [-0.1, -0.05) is 19.8 Å². The van der Waals surface area contributed by atoms with Gasteiger partial charge in [-0.05, 0) is 0 Å². The Bertz CT molecular complexity index is 421. The first-order chi connectivity index (χ1) is 11.0. The highest BCUT2D eigenvalue weighted by molar-refractivity contribution is 7.99. The van der Waals surface area contributed by atoms with Crippen molar-refractivity contribution in [1.29, 1.82) is 0 Å². The Kier molecular flexibility index (Phi) is 12.9. The Morgan fingerprint density at radius 2 is 1.78 bits per heavy atom. The Labute approximate surface area is 143 Å². The summed E-state index contributed by atoms with van der Waals surface area (Å²) in [5.74, 6) is 3.81. The number of rotatable bonds is 12. The fraction of sp³-hybridized carbons (Fsp3) is 0.688. The molecule has 0 aromatic carbocycles.